The number of hydrogen-bond acceptors (Lipinski definition) is 5. The van der Waals surface area contributed by atoms with Crippen LogP contribution in [0.1, 0.15) is 42.1 Å². The van der Waals surface area contributed by atoms with Crippen molar-refractivity contribution in [3.8, 4) is 5.75 Å². The third-order valence-corrected chi connectivity index (χ3v) is 7.94. The number of piperidine rings is 2. The second-order valence-corrected chi connectivity index (χ2v) is 10.5. The fourth-order valence-corrected chi connectivity index (χ4v) is 5.77. The molecule has 2 heterocycles. The number of alkyl halides is 3. The molecule has 4 rings (SSSR count). The molecule has 2 aromatic carbocycles. The molecule has 0 bridgehead atoms. The molecule has 1 amide bonds. The molecule has 2 saturated heterocycles. The number of benzene rings is 2. The summed E-state index contributed by atoms with van der Waals surface area (Å²) in [5.74, 6) is -1.88. The van der Waals surface area contributed by atoms with Crippen LogP contribution >= 0.6 is 23.2 Å². The third kappa shape index (κ3) is 6.38. The van der Waals surface area contributed by atoms with Crippen molar-refractivity contribution in [1.82, 2.24) is 9.80 Å². The molecule has 0 aromatic heterocycles. The van der Waals surface area contributed by atoms with E-state index in [1.165, 1.54) is 23.1 Å². The van der Waals surface area contributed by atoms with E-state index >= 15 is 0 Å². The van der Waals surface area contributed by atoms with Gasteiger partial charge in [-0.15, -0.1) is 0 Å². The van der Waals surface area contributed by atoms with Gasteiger partial charge in [0.05, 0.1) is 23.7 Å². The lowest BCUT2D eigenvalue weighted by Gasteiger charge is -2.51. The Morgan fingerprint density at radius 3 is 2.39 bits per heavy atom. The monoisotopic (exact) mass is 572 g/mol. The van der Waals surface area contributed by atoms with Crippen LogP contribution in [0.25, 0.3) is 0 Å². The Balaban J connectivity index is 1.50. The van der Waals surface area contributed by atoms with E-state index in [9.17, 15) is 22.8 Å². The van der Waals surface area contributed by atoms with E-state index in [1.54, 1.807) is 0 Å². The van der Waals surface area contributed by atoms with E-state index in [0.29, 0.717) is 57.1 Å². The van der Waals surface area contributed by atoms with Gasteiger partial charge in [-0.25, -0.2) is 4.79 Å². The molecule has 0 saturated carbocycles. The van der Waals surface area contributed by atoms with Gasteiger partial charge in [0.1, 0.15) is 11.9 Å². The minimum absolute atomic E-state index is 0.146. The Kier molecular flexibility index (Phi) is 8.79. The Hall–Kier alpha value is -2.49. The fourth-order valence-electron chi connectivity index (χ4n) is 5.28. The van der Waals surface area contributed by atoms with Crippen LogP contribution in [0.4, 0.5) is 13.2 Å². The first kappa shape index (κ1) is 28.5. The number of ether oxygens (including phenoxy) is 2. The number of esters is 1. The molecule has 1 unspecified atom stereocenters. The molecule has 0 radical (unpaired) electrons. The first-order valence-corrected chi connectivity index (χ1v) is 13.2. The lowest BCUT2D eigenvalue weighted by molar-refractivity contribution is -0.216. The SMILES string of the molecule is CCOc1ccccc1CN1CCC2(CC1)CCN(C(=O)c1ccc(Cl)cc1Cl)CC2OC(=O)C(F)(F)F. The van der Waals surface area contributed by atoms with Crippen LogP contribution in [-0.4, -0.2) is 66.7 Å². The maximum absolute atomic E-state index is 13.2. The van der Waals surface area contributed by atoms with Gasteiger partial charge in [0.15, 0.2) is 0 Å². The summed E-state index contributed by atoms with van der Waals surface area (Å²) in [6.45, 7) is 4.48. The predicted molar refractivity (Wildman–Crippen MR) is 137 cm³/mol. The Labute approximate surface area is 229 Å². The molecule has 0 N–H and O–H groups in total. The summed E-state index contributed by atoms with van der Waals surface area (Å²) in [5, 5.41) is 0.504. The normalized spacial score (nSPS) is 19.8. The Morgan fingerprint density at radius 1 is 1.05 bits per heavy atom. The quantitative estimate of drug-likeness (QED) is 0.398. The van der Waals surface area contributed by atoms with E-state index < -0.39 is 29.6 Å². The van der Waals surface area contributed by atoms with Gasteiger partial charge in [-0.3, -0.25) is 9.69 Å². The summed E-state index contributed by atoms with van der Waals surface area (Å²) in [5.41, 5.74) is 0.554. The Bertz CT molecular complexity index is 1170. The number of rotatable bonds is 6. The van der Waals surface area contributed by atoms with Crippen molar-refractivity contribution in [2.24, 2.45) is 5.41 Å². The number of nitrogens with zero attached hydrogens (tertiary/aromatic N) is 2. The highest BCUT2D eigenvalue weighted by Gasteiger charge is 2.51. The van der Waals surface area contributed by atoms with Crippen molar-refractivity contribution in [3.05, 3.63) is 63.6 Å². The number of amides is 1. The largest absolute Gasteiger partial charge is 0.494 e. The van der Waals surface area contributed by atoms with Crippen LogP contribution in [0, 0.1) is 5.41 Å². The summed E-state index contributed by atoms with van der Waals surface area (Å²) in [6.07, 6.45) is -4.76. The summed E-state index contributed by atoms with van der Waals surface area (Å²) < 4.78 is 50.3. The van der Waals surface area contributed by atoms with Gasteiger partial charge in [0.2, 0.25) is 0 Å². The summed E-state index contributed by atoms with van der Waals surface area (Å²) >= 11 is 12.1. The van der Waals surface area contributed by atoms with E-state index in [-0.39, 0.29) is 17.1 Å². The highest BCUT2D eigenvalue weighted by Crippen LogP contribution is 2.44. The molecule has 0 aliphatic carbocycles. The molecule has 2 aliphatic rings. The van der Waals surface area contributed by atoms with Crippen LogP contribution in [0.3, 0.4) is 0 Å². The van der Waals surface area contributed by atoms with Crippen LogP contribution in [0.15, 0.2) is 42.5 Å². The van der Waals surface area contributed by atoms with Crippen LogP contribution in [0.5, 0.6) is 5.75 Å². The minimum Gasteiger partial charge on any atom is -0.494 e. The first-order chi connectivity index (χ1) is 18.0. The highest BCUT2D eigenvalue weighted by atomic mass is 35.5. The average molecular weight is 573 g/mol. The number of hydrogen-bond donors (Lipinski definition) is 0. The highest BCUT2D eigenvalue weighted by molar-refractivity contribution is 6.36. The van der Waals surface area contributed by atoms with Gasteiger partial charge in [-0.2, -0.15) is 13.2 Å². The number of likely N-dealkylation sites (tertiary alicyclic amines) is 2. The maximum atomic E-state index is 13.2. The lowest BCUT2D eigenvalue weighted by Crippen LogP contribution is -2.58. The van der Waals surface area contributed by atoms with Crippen LogP contribution in [0.2, 0.25) is 10.0 Å². The molecule has 38 heavy (non-hydrogen) atoms. The zero-order chi connectivity index (χ0) is 27.5. The molecular formula is C27H29Cl2F3N2O4. The lowest BCUT2D eigenvalue weighted by atomic mass is 9.69. The van der Waals surface area contributed by atoms with Crippen molar-refractivity contribution in [2.75, 3.05) is 32.8 Å². The van der Waals surface area contributed by atoms with Gasteiger partial charge in [-0.1, -0.05) is 41.4 Å². The van der Waals surface area contributed by atoms with E-state index in [1.807, 2.05) is 31.2 Å². The zero-order valence-electron chi connectivity index (χ0n) is 20.9. The second kappa shape index (κ2) is 11.7. The average Bonchev–Trinajstić information content (AvgIpc) is 2.87. The van der Waals surface area contributed by atoms with Crippen LogP contribution < -0.4 is 4.74 Å². The number of carbonyl (C=O) groups is 2. The number of carbonyl (C=O) groups excluding carboxylic acids is 2. The molecule has 1 atom stereocenters. The molecule has 6 nitrogen and oxygen atoms in total. The summed E-state index contributed by atoms with van der Waals surface area (Å²) in [7, 11) is 0. The van der Waals surface area contributed by atoms with Crippen molar-refractivity contribution in [3.63, 3.8) is 0 Å². The summed E-state index contributed by atoms with van der Waals surface area (Å²) in [4.78, 5) is 28.7. The molecule has 1 spiro atoms. The van der Waals surface area contributed by atoms with Gasteiger partial charge in [0.25, 0.3) is 5.91 Å². The molecular weight excluding hydrogens is 544 g/mol. The number of para-hydroxylation sites is 1. The minimum atomic E-state index is -5.13. The van der Waals surface area contributed by atoms with Gasteiger partial charge < -0.3 is 14.4 Å². The molecule has 11 heteroatoms. The smallest absolute Gasteiger partial charge is 0.490 e. The standard InChI is InChI=1S/C27H29Cl2F3N2O4/c1-2-37-22-6-4-3-5-18(22)16-33-12-9-26(10-13-33)11-14-34(17-23(26)38-25(36)27(30,31)32)24(35)20-8-7-19(28)15-21(20)29/h3-8,15,23H,2,9-14,16-17H2,1H3. The van der Waals surface area contributed by atoms with Crippen molar-refractivity contribution >= 4 is 35.1 Å². The van der Waals surface area contributed by atoms with Gasteiger partial charge in [-0.05, 0) is 63.5 Å². The topological polar surface area (TPSA) is 59.1 Å². The van der Waals surface area contributed by atoms with Crippen LogP contribution in [-0.2, 0) is 16.1 Å². The van der Waals surface area contributed by atoms with E-state index in [0.717, 1.165) is 11.3 Å². The fraction of sp³-hybridized carbons (Fsp3) is 0.481. The third-order valence-electron chi connectivity index (χ3n) is 7.40. The van der Waals surface area contributed by atoms with Gasteiger partial charge in [0, 0.05) is 29.1 Å². The molecule has 2 aliphatic heterocycles. The molecule has 206 valence electrons. The van der Waals surface area contributed by atoms with E-state index in [2.05, 4.69) is 4.90 Å². The molecule has 2 aromatic rings. The first-order valence-electron chi connectivity index (χ1n) is 12.5. The Morgan fingerprint density at radius 2 is 1.74 bits per heavy atom. The predicted octanol–water partition coefficient (Wildman–Crippen LogP) is 5.99. The second-order valence-electron chi connectivity index (χ2n) is 9.70. The zero-order valence-corrected chi connectivity index (χ0v) is 22.4. The maximum Gasteiger partial charge on any atom is 0.490 e. The number of halogens is 5. The van der Waals surface area contributed by atoms with Crippen molar-refractivity contribution in [2.45, 2.75) is 45.0 Å². The van der Waals surface area contributed by atoms with Crippen molar-refractivity contribution in [1.29, 1.82) is 0 Å². The molecule has 2 fully saturated rings. The van der Waals surface area contributed by atoms with E-state index in [4.69, 9.17) is 32.7 Å². The summed E-state index contributed by atoms with van der Waals surface area (Å²) in [6, 6.07) is 12.2. The van der Waals surface area contributed by atoms with Crippen molar-refractivity contribution < 1.29 is 32.2 Å². The van der Waals surface area contributed by atoms with Gasteiger partial charge >= 0.3 is 12.1 Å².